The Morgan fingerprint density at radius 3 is 2.44 bits per heavy atom. The number of aromatic nitrogens is 2. The van der Waals surface area contributed by atoms with Gasteiger partial charge in [0, 0.05) is 22.4 Å². The summed E-state index contributed by atoms with van der Waals surface area (Å²) in [5, 5.41) is 14.6. The molecule has 0 aliphatic carbocycles. The molecule has 0 unspecified atom stereocenters. The van der Waals surface area contributed by atoms with E-state index in [4.69, 9.17) is 0 Å². The van der Waals surface area contributed by atoms with Crippen molar-refractivity contribution in [1.29, 1.82) is 0 Å². The van der Waals surface area contributed by atoms with Crippen LogP contribution < -0.4 is 5.56 Å². The second kappa shape index (κ2) is 6.81. The number of aryl methyl sites for hydroxylation is 2. The third kappa shape index (κ3) is 3.15. The summed E-state index contributed by atoms with van der Waals surface area (Å²) in [4.78, 5) is 21.7. The van der Waals surface area contributed by atoms with E-state index in [1.165, 1.54) is 15.9 Å². The molecule has 2 aromatic carbocycles. The molecule has 1 N–H and O–H groups in total. The van der Waals surface area contributed by atoms with Crippen molar-refractivity contribution in [3.05, 3.63) is 81.1 Å². The maximum absolute atomic E-state index is 13.0. The maximum Gasteiger partial charge on any atom is 0.265 e. The Bertz CT molecular complexity index is 1220. The van der Waals surface area contributed by atoms with Crippen LogP contribution in [0.25, 0.3) is 16.5 Å². The number of benzene rings is 2. The molecule has 6 heteroatoms. The largest absolute Gasteiger partial charge is 0.494 e. The van der Waals surface area contributed by atoms with Crippen molar-refractivity contribution in [2.24, 2.45) is 4.99 Å². The fraction of sp³-hybridized carbons (Fsp3) is 0.0952. The van der Waals surface area contributed by atoms with Crippen LogP contribution in [0.4, 0.5) is 5.13 Å². The third-order valence-electron chi connectivity index (χ3n) is 4.31. The van der Waals surface area contributed by atoms with Gasteiger partial charge in [0.25, 0.3) is 5.56 Å². The number of rotatable bonds is 3. The van der Waals surface area contributed by atoms with Gasteiger partial charge in [-0.15, -0.1) is 11.3 Å². The second-order valence-corrected chi connectivity index (χ2v) is 7.13. The highest BCUT2D eigenvalue weighted by Crippen LogP contribution is 2.27. The van der Waals surface area contributed by atoms with Gasteiger partial charge in [-0.3, -0.25) is 4.79 Å². The van der Waals surface area contributed by atoms with Crippen molar-refractivity contribution in [3.8, 4) is 11.6 Å². The molecule has 134 valence electrons. The molecule has 0 radical (unpaired) electrons. The van der Waals surface area contributed by atoms with E-state index in [1.807, 2.05) is 61.7 Å². The molecule has 0 atom stereocenters. The Hall–Kier alpha value is -3.25. The lowest BCUT2D eigenvalue weighted by Gasteiger charge is -2.13. The maximum atomic E-state index is 13.0. The lowest BCUT2D eigenvalue weighted by atomic mass is 10.1. The molecule has 5 nitrogen and oxygen atoms in total. The molecule has 0 fully saturated rings. The van der Waals surface area contributed by atoms with Crippen LogP contribution in [0.5, 0.6) is 5.88 Å². The summed E-state index contributed by atoms with van der Waals surface area (Å²) in [6.45, 7) is 3.88. The molecule has 0 amide bonds. The van der Waals surface area contributed by atoms with E-state index < -0.39 is 0 Å². The molecular formula is C21H17N3O2S. The molecule has 0 bridgehead atoms. The quantitative estimate of drug-likeness (QED) is 0.535. The molecule has 4 rings (SSSR count). The van der Waals surface area contributed by atoms with E-state index in [9.17, 15) is 9.90 Å². The smallest absolute Gasteiger partial charge is 0.265 e. The van der Waals surface area contributed by atoms with Crippen molar-refractivity contribution in [2.45, 2.75) is 13.8 Å². The Labute approximate surface area is 159 Å². The highest BCUT2D eigenvalue weighted by Gasteiger charge is 2.16. The van der Waals surface area contributed by atoms with Crippen LogP contribution >= 0.6 is 11.3 Å². The Morgan fingerprint density at radius 1 is 1.07 bits per heavy atom. The molecule has 0 aliphatic heterocycles. The number of thiazole rings is 1. The summed E-state index contributed by atoms with van der Waals surface area (Å²) < 4.78 is 1.32. The second-order valence-electron chi connectivity index (χ2n) is 6.29. The number of hydrogen-bond acceptors (Lipinski definition) is 5. The molecule has 27 heavy (non-hydrogen) atoms. The van der Waals surface area contributed by atoms with Gasteiger partial charge in [-0.1, -0.05) is 35.9 Å². The topological polar surface area (TPSA) is 67.5 Å². The number of pyridine rings is 1. The first-order valence-corrected chi connectivity index (χ1v) is 9.32. The molecule has 0 aliphatic rings. The molecule has 0 saturated carbocycles. The van der Waals surface area contributed by atoms with Gasteiger partial charge in [-0.05, 0) is 32.0 Å². The first-order valence-electron chi connectivity index (χ1n) is 8.44. The number of aromatic hydroxyl groups is 1. The Kier molecular flexibility index (Phi) is 4.33. The lowest BCUT2D eigenvalue weighted by Crippen LogP contribution is -2.20. The summed E-state index contributed by atoms with van der Waals surface area (Å²) >= 11 is 1.43. The zero-order valence-corrected chi connectivity index (χ0v) is 15.7. The first-order chi connectivity index (χ1) is 13.0. The predicted octanol–water partition coefficient (Wildman–Crippen LogP) is 4.52. The van der Waals surface area contributed by atoms with E-state index in [2.05, 4.69) is 9.98 Å². The van der Waals surface area contributed by atoms with Crippen LogP contribution in [0, 0.1) is 13.8 Å². The van der Waals surface area contributed by atoms with E-state index in [0.717, 1.165) is 11.3 Å². The van der Waals surface area contributed by atoms with Crippen molar-refractivity contribution in [2.75, 3.05) is 0 Å². The summed E-state index contributed by atoms with van der Waals surface area (Å²) in [5.41, 5.74) is 2.79. The lowest BCUT2D eigenvalue weighted by molar-refractivity contribution is 0.436. The van der Waals surface area contributed by atoms with Crippen LogP contribution in [0.2, 0.25) is 0 Å². The van der Waals surface area contributed by atoms with Crippen LogP contribution in [0.15, 0.2) is 63.7 Å². The molecule has 0 spiro atoms. The number of aliphatic imine (C=N–C) groups is 1. The first kappa shape index (κ1) is 17.2. The number of hydrogen-bond donors (Lipinski definition) is 1. The summed E-state index contributed by atoms with van der Waals surface area (Å²) in [6.07, 6.45) is 1.57. The van der Waals surface area contributed by atoms with Gasteiger partial charge in [-0.2, -0.15) is 0 Å². The monoisotopic (exact) mass is 375 g/mol. The van der Waals surface area contributed by atoms with Crippen LogP contribution in [0.1, 0.15) is 16.8 Å². The molecular weight excluding hydrogens is 358 g/mol. The minimum atomic E-state index is -0.269. The Balaban J connectivity index is 1.98. The van der Waals surface area contributed by atoms with Gasteiger partial charge < -0.3 is 5.11 Å². The van der Waals surface area contributed by atoms with E-state index in [0.29, 0.717) is 27.2 Å². The molecule has 4 aromatic rings. The van der Waals surface area contributed by atoms with Gasteiger partial charge in [0.05, 0.1) is 16.9 Å². The fourth-order valence-corrected chi connectivity index (χ4v) is 3.58. The third-order valence-corrected chi connectivity index (χ3v) is 5.17. The van der Waals surface area contributed by atoms with E-state index in [1.54, 1.807) is 12.3 Å². The zero-order chi connectivity index (χ0) is 19.0. The van der Waals surface area contributed by atoms with Crippen molar-refractivity contribution in [3.63, 3.8) is 0 Å². The van der Waals surface area contributed by atoms with E-state index >= 15 is 0 Å². The summed E-state index contributed by atoms with van der Waals surface area (Å²) in [5.74, 6) is -0.139. The highest BCUT2D eigenvalue weighted by atomic mass is 32.1. The van der Waals surface area contributed by atoms with Gasteiger partial charge in [0.15, 0.2) is 0 Å². The summed E-state index contributed by atoms with van der Waals surface area (Å²) in [6, 6.07) is 14.7. The van der Waals surface area contributed by atoms with Crippen LogP contribution in [-0.2, 0) is 0 Å². The minimum absolute atomic E-state index is 0.139. The van der Waals surface area contributed by atoms with Gasteiger partial charge in [0.1, 0.15) is 0 Å². The van der Waals surface area contributed by atoms with Crippen molar-refractivity contribution < 1.29 is 5.11 Å². The Morgan fingerprint density at radius 2 is 1.78 bits per heavy atom. The molecule has 2 aromatic heterocycles. The SMILES string of the molecule is Cc1ccc(-n2c(O)c(/C=N/c3nc(C)cs3)c3ccccc3c2=O)cc1. The summed E-state index contributed by atoms with van der Waals surface area (Å²) in [7, 11) is 0. The average Bonchev–Trinajstić information content (AvgIpc) is 3.08. The highest BCUT2D eigenvalue weighted by molar-refractivity contribution is 7.13. The number of nitrogens with zero attached hydrogens (tertiary/aromatic N) is 3. The average molecular weight is 375 g/mol. The normalized spacial score (nSPS) is 11.5. The molecule has 0 saturated heterocycles. The van der Waals surface area contributed by atoms with Gasteiger partial charge in [0.2, 0.25) is 11.0 Å². The fourth-order valence-electron chi connectivity index (χ4n) is 2.94. The minimum Gasteiger partial charge on any atom is -0.494 e. The van der Waals surface area contributed by atoms with Crippen molar-refractivity contribution >= 4 is 33.5 Å². The standard InChI is InChI=1S/C21H17N3O2S/c1-13-7-9-15(10-8-13)24-19(25)17-6-4-3-5-16(17)18(20(24)26)11-22-21-23-14(2)12-27-21/h3-12,26H,1-2H3/b22-11+. The zero-order valence-electron chi connectivity index (χ0n) is 14.9. The van der Waals surface area contributed by atoms with Crippen LogP contribution in [0.3, 0.4) is 0 Å². The van der Waals surface area contributed by atoms with Gasteiger partial charge in [-0.25, -0.2) is 14.5 Å². The van der Waals surface area contributed by atoms with Crippen LogP contribution in [-0.4, -0.2) is 20.9 Å². The number of fused-ring (bicyclic) bond motifs is 1. The predicted molar refractivity (Wildman–Crippen MR) is 110 cm³/mol. The molecule has 2 heterocycles. The van der Waals surface area contributed by atoms with Gasteiger partial charge >= 0.3 is 0 Å². The van der Waals surface area contributed by atoms with Crippen molar-refractivity contribution in [1.82, 2.24) is 9.55 Å². The van der Waals surface area contributed by atoms with E-state index in [-0.39, 0.29) is 11.4 Å².